The second-order valence-electron chi connectivity index (χ2n) is 7.77. The van der Waals surface area contributed by atoms with Gasteiger partial charge in [-0.2, -0.15) is 5.26 Å². The number of benzene rings is 1. The summed E-state index contributed by atoms with van der Waals surface area (Å²) in [7, 11) is 0. The quantitative estimate of drug-likeness (QED) is 0.763. The lowest BCUT2D eigenvalue weighted by molar-refractivity contribution is -0.132. The minimum Gasteiger partial charge on any atom is -0.367 e. The van der Waals surface area contributed by atoms with Gasteiger partial charge in [0.15, 0.2) is 5.78 Å². The van der Waals surface area contributed by atoms with Gasteiger partial charge >= 0.3 is 0 Å². The fraction of sp³-hybridized carbons (Fsp3) is 0.391. The Balaban J connectivity index is 1.44. The first-order chi connectivity index (χ1) is 15.0. The number of ether oxygens (including phenoxy) is 1. The van der Waals surface area contributed by atoms with Crippen molar-refractivity contribution in [3.8, 4) is 17.2 Å². The van der Waals surface area contributed by atoms with E-state index in [1.165, 1.54) is 6.07 Å². The molecule has 160 valence electrons. The number of carbonyl (C=O) groups excluding carboxylic acids is 2. The molecule has 1 fully saturated rings. The van der Waals surface area contributed by atoms with Gasteiger partial charge in [0.05, 0.1) is 6.07 Å². The molecule has 1 aliphatic carbocycles. The van der Waals surface area contributed by atoms with Gasteiger partial charge in [0, 0.05) is 37.8 Å². The number of aryl methyl sites for hydroxylation is 1. The fourth-order valence-corrected chi connectivity index (χ4v) is 3.87. The third-order valence-corrected chi connectivity index (χ3v) is 5.57. The molecule has 1 saturated heterocycles. The third-order valence-electron chi connectivity index (χ3n) is 5.57. The molecular formula is C23H23FN4O3. The van der Waals surface area contributed by atoms with Crippen LogP contribution >= 0.6 is 0 Å². The SMILES string of the molecule is N#C[C@H](Cc1ccc(-c2cnc3c(c2)CCC3=O)cc1F)NC(=O)[C@@H]1CNCCCO1. The van der Waals surface area contributed by atoms with E-state index in [1.807, 2.05) is 12.1 Å². The first-order valence-electron chi connectivity index (χ1n) is 10.4. The van der Waals surface area contributed by atoms with E-state index in [1.54, 1.807) is 18.3 Å². The number of nitrogens with one attached hydrogen (secondary N) is 2. The van der Waals surface area contributed by atoms with Crippen LogP contribution in [0.4, 0.5) is 4.39 Å². The van der Waals surface area contributed by atoms with E-state index in [4.69, 9.17) is 4.74 Å². The average Bonchev–Trinajstić information content (AvgIpc) is 2.97. The van der Waals surface area contributed by atoms with E-state index in [-0.39, 0.29) is 18.1 Å². The molecule has 2 atom stereocenters. The molecule has 7 nitrogen and oxygen atoms in total. The minimum atomic E-state index is -0.868. The Morgan fingerprint density at radius 2 is 2.23 bits per heavy atom. The van der Waals surface area contributed by atoms with Crippen LogP contribution in [-0.2, 0) is 22.4 Å². The number of pyridine rings is 1. The molecular weight excluding hydrogens is 399 g/mol. The predicted molar refractivity (Wildman–Crippen MR) is 111 cm³/mol. The highest BCUT2D eigenvalue weighted by Gasteiger charge is 2.24. The Labute approximate surface area is 179 Å². The largest absolute Gasteiger partial charge is 0.367 e. The average molecular weight is 422 g/mol. The van der Waals surface area contributed by atoms with Crippen LogP contribution in [0.1, 0.15) is 34.5 Å². The van der Waals surface area contributed by atoms with Crippen molar-refractivity contribution >= 4 is 11.7 Å². The summed E-state index contributed by atoms with van der Waals surface area (Å²) in [5.41, 5.74) is 3.10. The Kier molecular flexibility index (Phi) is 6.35. The number of amides is 1. The van der Waals surface area contributed by atoms with E-state index in [0.29, 0.717) is 42.8 Å². The molecule has 4 rings (SSSR count). The summed E-state index contributed by atoms with van der Waals surface area (Å²) in [6, 6.07) is 7.80. The molecule has 0 unspecified atom stereocenters. The number of nitrogens with zero attached hydrogens (tertiary/aromatic N) is 2. The molecule has 2 aromatic rings. The van der Waals surface area contributed by atoms with Crippen molar-refractivity contribution in [1.82, 2.24) is 15.6 Å². The lowest BCUT2D eigenvalue weighted by Gasteiger charge is -2.18. The van der Waals surface area contributed by atoms with Crippen LogP contribution in [0.25, 0.3) is 11.1 Å². The molecule has 0 bridgehead atoms. The van der Waals surface area contributed by atoms with Crippen LogP contribution < -0.4 is 10.6 Å². The number of rotatable bonds is 5. The zero-order valence-electron chi connectivity index (χ0n) is 17.0. The predicted octanol–water partition coefficient (Wildman–Crippen LogP) is 1.95. The van der Waals surface area contributed by atoms with Crippen molar-refractivity contribution in [2.75, 3.05) is 19.7 Å². The molecule has 2 aliphatic rings. The van der Waals surface area contributed by atoms with Crippen LogP contribution in [0.15, 0.2) is 30.5 Å². The van der Waals surface area contributed by atoms with Gasteiger partial charge < -0.3 is 15.4 Å². The highest BCUT2D eigenvalue weighted by molar-refractivity contribution is 5.98. The van der Waals surface area contributed by atoms with Crippen LogP contribution in [0, 0.1) is 17.1 Å². The van der Waals surface area contributed by atoms with Gasteiger partial charge in [-0.1, -0.05) is 12.1 Å². The Bertz CT molecular complexity index is 1040. The summed E-state index contributed by atoms with van der Waals surface area (Å²) in [6.45, 7) is 1.64. The smallest absolute Gasteiger partial charge is 0.251 e. The minimum absolute atomic E-state index is 0.0395. The van der Waals surface area contributed by atoms with Crippen LogP contribution in [0.5, 0.6) is 0 Å². The fourth-order valence-electron chi connectivity index (χ4n) is 3.87. The Morgan fingerprint density at radius 1 is 1.35 bits per heavy atom. The van der Waals surface area contributed by atoms with Crippen LogP contribution in [0.2, 0.25) is 0 Å². The van der Waals surface area contributed by atoms with Gasteiger partial charge in [0.2, 0.25) is 0 Å². The van der Waals surface area contributed by atoms with Gasteiger partial charge in [0.1, 0.15) is 23.7 Å². The molecule has 8 heteroatoms. The number of nitriles is 1. The van der Waals surface area contributed by atoms with E-state index in [2.05, 4.69) is 15.6 Å². The van der Waals surface area contributed by atoms with E-state index < -0.39 is 18.0 Å². The van der Waals surface area contributed by atoms with Crippen LogP contribution in [-0.4, -0.2) is 48.5 Å². The molecule has 1 aromatic heterocycles. The van der Waals surface area contributed by atoms with Crippen LogP contribution in [0.3, 0.4) is 0 Å². The standard InChI is InChI=1S/C23H23FN4O3/c24-19-10-14(17-8-16-4-5-20(29)22(16)27-12-17)2-3-15(19)9-18(11-25)28-23(30)21-13-26-6-1-7-31-21/h2-3,8,10,12,18,21,26H,1,4-7,9,13H2,(H,28,30)/t18-,21-/m0/s1. The molecule has 0 saturated carbocycles. The van der Waals surface area contributed by atoms with Gasteiger partial charge in [-0.3, -0.25) is 14.6 Å². The second-order valence-corrected chi connectivity index (χ2v) is 7.77. The van der Waals surface area contributed by atoms with Gasteiger partial charge in [-0.15, -0.1) is 0 Å². The number of hydrogen-bond donors (Lipinski definition) is 2. The van der Waals surface area contributed by atoms with Gasteiger partial charge in [0.25, 0.3) is 5.91 Å². The highest BCUT2D eigenvalue weighted by atomic mass is 19.1. The number of aromatic nitrogens is 1. The number of carbonyl (C=O) groups is 2. The summed E-state index contributed by atoms with van der Waals surface area (Å²) >= 11 is 0. The van der Waals surface area contributed by atoms with Crippen molar-refractivity contribution in [2.45, 2.75) is 37.8 Å². The molecule has 0 radical (unpaired) electrons. The summed E-state index contributed by atoms with van der Waals surface area (Å²) in [4.78, 5) is 28.4. The van der Waals surface area contributed by atoms with E-state index in [9.17, 15) is 19.2 Å². The van der Waals surface area contributed by atoms with Crippen molar-refractivity contribution in [3.63, 3.8) is 0 Å². The van der Waals surface area contributed by atoms with Crippen molar-refractivity contribution in [1.29, 1.82) is 5.26 Å². The maximum atomic E-state index is 14.8. The normalized spacial score (nSPS) is 19.2. The summed E-state index contributed by atoms with van der Waals surface area (Å²) in [5.74, 6) is -0.801. The first-order valence-corrected chi connectivity index (χ1v) is 10.4. The zero-order valence-corrected chi connectivity index (χ0v) is 17.0. The molecule has 1 aromatic carbocycles. The molecule has 2 N–H and O–H groups in total. The lowest BCUT2D eigenvalue weighted by Crippen LogP contribution is -2.46. The number of Topliss-reactive ketones (excluding diaryl/α,β-unsaturated/α-hetero) is 1. The monoisotopic (exact) mass is 422 g/mol. The first kappa shape index (κ1) is 21.1. The second kappa shape index (κ2) is 9.33. The number of halogens is 1. The third kappa shape index (κ3) is 4.79. The molecule has 31 heavy (non-hydrogen) atoms. The molecule has 2 heterocycles. The molecule has 1 amide bonds. The Hall–Kier alpha value is -3.15. The lowest BCUT2D eigenvalue weighted by atomic mass is 10.00. The molecule has 0 spiro atoms. The summed E-state index contributed by atoms with van der Waals surface area (Å²) in [5, 5.41) is 15.2. The summed E-state index contributed by atoms with van der Waals surface area (Å²) in [6.07, 6.45) is 2.90. The zero-order chi connectivity index (χ0) is 21.8. The maximum absolute atomic E-state index is 14.8. The Morgan fingerprint density at radius 3 is 3.03 bits per heavy atom. The number of ketones is 1. The maximum Gasteiger partial charge on any atom is 0.251 e. The molecule has 1 aliphatic heterocycles. The number of fused-ring (bicyclic) bond motifs is 1. The van der Waals surface area contributed by atoms with Crippen molar-refractivity contribution in [2.24, 2.45) is 0 Å². The topological polar surface area (TPSA) is 104 Å². The van der Waals surface area contributed by atoms with E-state index in [0.717, 1.165) is 24.1 Å². The van der Waals surface area contributed by atoms with Crippen molar-refractivity contribution in [3.05, 3.63) is 53.1 Å². The number of hydrogen-bond acceptors (Lipinski definition) is 6. The van der Waals surface area contributed by atoms with E-state index >= 15 is 0 Å². The van der Waals surface area contributed by atoms with Gasteiger partial charge in [-0.25, -0.2) is 4.39 Å². The highest BCUT2D eigenvalue weighted by Crippen LogP contribution is 2.27. The van der Waals surface area contributed by atoms with Crippen molar-refractivity contribution < 1.29 is 18.7 Å². The van der Waals surface area contributed by atoms with Gasteiger partial charge in [-0.05, 0) is 48.2 Å². The summed E-state index contributed by atoms with van der Waals surface area (Å²) < 4.78 is 20.3.